The molecule has 5 heteroatoms. The largest absolute Gasteiger partial charge is 0.338 e. The predicted molar refractivity (Wildman–Crippen MR) is 119 cm³/mol. The number of fused-ring (bicyclic) bond motifs is 5. The van der Waals surface area contributed by atoms with E-state index in [9.17, 15) is 0 Å². The van der Waals surface area contributed by atoms with Gasteiger partial charge in [0, 0.05) is 29.1 Å². The molecule has 0 radical (unpaired) electrons. The number of pyridine rings is 2. The van der Waals surface area contributed by atoms with Gasteiger partial charge in [0.2, 0.25) is 0 Å². The number of aromatic nitrogens is 4. The molecule has 0 saturated carbocycles. The van der Waals surface area contributed by atoms with Gasteiger partial charge in [-0.25, -0.2) is 9.97 Å². The Hall–Kier alpha value is -4.25. The molecular weight excluding hydrogens is 370 g/mol. The molecular formula is C25H17N5. The molecule has 1 aliphatic rings. The Morgan fingerprint density at radius 2 is 1.47 bits per heavy atom. The second kappa shape index (κ2) is 6.67. The summed E-state index contributed by atoms with van der Waals surface area (Å²) < 4.78 is 0. The number of anilines is 2. The summed E-state index contributed by atoms with van der Waals surface area (Å²) in [5.74, 6) is 1.61. The predicted octanol–water partition coefficient (Wildman–Crippen LogP) is 5.92. The quantitative estimate of drug-likeness (QED) is 0.387. The average Bonchev–Trinajstić information content (AvgIpc) is 3.20. The first-order chi connectivity index (χ1) is 14.9. The number of aromatic amines is 1. The van der Waals surface area contributed by atoms with E-state index in [0.29, 0.717) is 0 Å². The van der Waals surface area contributed by atoms with Crippen molar-refractivity contribution in [3.63, 3.8) is 0 Å². The lowest BCUT2D eigenvalue weighted by Gasteiger charge is -2.09. The molecule has 0 spiro atoms. The van der Waals surface area contributed by atoms with Crippen molar-refractivity contribution in [1.82, 2.24) is 19.9 Å². The van der Waals surface area contributed by atoms with Crippen molar-refractivity contribution in [3.05, 3.63) is 91.4 Å². The lowest BCUT2D eigenvalue weighted by molar-refractivity contribution is 1.26. The lowest BCUT2D eigenvalue weighted by Crippen LogP contribution is -1.96. The molecule has 4 heterocycles. The van der Waals surface area contributed by atoms with Gasteiger partial charge in [0.25, 0.3) is 0 Å². The van der Waals surface area contributed by atoms with E-state index in [0.717, 1.165) is 56.5 Å². The van der Waals surface area contributed by atoms with Gasteiger partial charge < -0.3 is 10.3 Å². The molecule has 5 nitrogen and oxygen atoms in total. The van der Waals surface area contributed by atoms with Crippen LogP contribution in [0.2, 0.25) is 0 Å². The van der Waals surface area contributed by atoms with Crippen LogP contribution in [-0.2, 0) is 0 Å². The number of nitrogens with one attached hydrogen (secondary N) is 2. The molecule has 2 N–H and O–H groups in total. The van der Waals surface area contributed by atoms with E-state index in [1.807, 2.05) is 36.5 Å². The van der Waals surface area contributed by atoms with Gasteiger partial charge in [-0.2, -0.15) is 0 Å². The molecule has 6 rings (SSSR count). The van der Waals surface area contributed by atoms with E-state index in [2.05, 4.69) is 62.7 Å². The first-order valence-corrected chi connectivity index (χ1v) is 9.80. The first-order valence-electron chi connectivity index (χ1n) is 9.80. The smallest absolute Gasteiger partial charge is 0.139 e. The molecule has 142 valence electrons. The summed E-state index contributed by atoms with van der Waals surface area (Å²) in [5.41, 5.74) is 8.10. The van der Waals surface area contributed by atoms with Crippen molar-refractivity contribution >= 4 is 11.5 Å². The topological polar surface area (TPSA) is 66.5 Å². The van der Waals surface area contributed by atoms with E-state index in [-0.39, 0.29) is 0 Å². The summed E-state index contributed by atoms with van der Waals surface area (Å²) in [7, 11) is 0. The van der Waals surface area contributed by atoms with Crippen molar-refractivity contribution in [1.29, 1.82) is 0 Å². The molecule has 0 atom stereocenters. The highest BCUT2D eigenvalue weighted by atomic mass is 15.0. The first kappa shape index (κ1) is 16.7. The van der Waals surface area contributed by atoms with Gasteiger partial charge in [-0.15, -0.1) is 0 Å². The zero-order chi connectivity index (χ0) is 19.9. The maximum absolute atomic E-state index is 5.05. The standard InChI is InChI=1S/C25H17N5/c1-2-7-16(8-3-1)17-9-4-5-10-18(17)25-29-22-19-12-14-26-15-21(19)28-24-20(23(22)30-25)11-6-13-27-24/h1-15H,(H,27,28)(H,29,30). The summed E-state index contributed by atoms with van der Waals surface area (Å²) in [6, 6.07) is 24.7. The Bertz CT molecular complexity index is 1310. The zero-order valence-electron chi connectivity index (χ0n) is 16.0. The minimum Gasteiger partial charge on any atom is -0.338 e. The summed E-state index contributed by atoms with van der Waals surface area (Å²) in [6.45, 7) is 0. The normalized spacial score (nSPS) is 11.6. The molecule has 0 amide bonds. The molecule has 0 aliphatic carbocycles. The number of hydrogen-bond acceptors (Lipinski definition) is 4. The highest BCUT2D eigenvalue weighted by Gasteiger charge is 2.24. The SMILES string of the molecule is c1ccc(-c2ccccc2-c2nc3c([nH]2)-c2ccncc2Nc2ncccc2-3)cc1. The summed E-state index contributed by atoms with van der Waals surface area (Å²) in [5, 5.41) is 3.40. The van der Waals surface area contributed by atoms with Crippen molar-refractivity contribution in [2.24, 2.45) is 0 Å². The number of nitrogens with zero attached hydrogens (tertiary/aromatic N) is 3. The molecule has 2 aromatic carbocycles. The maximum atomic E-state index is 5.05. The third-order valence-electron chi connectivity index (χ3n) is 5.38. The fraction of sp³-hybridized carbons (Fsp3) is 0. The second-order valence-electron chi connectivity index (χ2n) is 7.17. The van der Waals surface area contributed by atoms with Crippen LogP contribution in [0.25, 0.3) is 45.0 Å². The molecule has 30 heavy (non-hydrogen) atoms. The second-order valence-corrected chi connectivity index (χ2v) is 7.17. The van der Waals surface area contributed by atoms with Gasteiger partial charge >= 0.3 is 0 Å². The Morgan fingerprint density at radius 1 is 0.667 bits per heavy atom. The lowest BCUT2D eigenvalue weighted by atomic mass is 9.99. The Kier molecular flexibility index (Phi) is 3.71. The van der Waals surface area contributed by atoms with Crippen LogP contribution >= 0.6 is 0 Å². The molecule has 3 aromatic heterocycles. The van der Waals surface area contributed by atoms with Crippen LogP contribution in [0.3, 0.4) is 0 Å². The molecule has 5 aromatic rings. The Labute approximate surface area is 173 Å². The van der Waals surface area contributed by atoms with Crippen LogP contribution in [0.15, 0.2) is 91.4 Å². The van der Waals surface area contributed by atoms with Crippen LogP contribution in [0.1, 0.15) is 0 Å². The van der Waals surface area contributed by atoms with E-state index < -0.39 is 0 Å². The van der Waals surface area contributed by atoms with Crippen molar-refractivity contribution in [2.45, 2.75) is 0 Å². The van der Waals surface area contributed by atoms with Crippen LogP contribution < -0.4 is 5.32 Å². The van der Waals surface area contributed by atoms with Crippen molar-refractivity contribution in [2.75, 3.05) is 5.32 Å². The van der Waals surface area contributed by atoms with Gasteiger partial charge in [0.1, 0.15) is 17.3 Å². The monoisotopic (exact) mass is 387 g/mol. The number of benzene rings is 2. The number of rotatable bonds is 2. The third-order valence-corrected chi connectivity index (χ3v) is 5.38. The van der Waals surface area contributed by atoms with Crippen LogP contribution in [-0.4, -0.2) is 19.9 Å². The van der Waals surface area contributed by atoms with E-state index in [4.69, 9.17) is 4.98 Å². The fourth-order valence-electron chi connectivity index (χ4n) is 3.99. The fourth-order valence-corrected chi connectivity index (χ4v) is 3.99. The molecule has 0 fully saturated rings. The Balaban J connectivity index is 1.61. The zero-order valence-corrected chi connectivity index (χ0v) is 16.0. The summed E-state index contributed by atoms with van der Waals surface area (Å²) >= 11 is 0. The summed E-state index contributed by atoms with van der Waals surface area (Å²) in [6.07, 6.45) is 5.40. The molecule has 0 saturated heterocycles. The van der Waals surface area contributed by atoms with Crippen molar-refractivity contribution < 1.29 is 0 Å². The highest BCUT2D eigenvalue weighted by molar-refractivity contribution is 5.96. The summed E-state index contributed by atoms with van der Waals surface area (Å²) in [4.78, 5) is 17.5. The van der Waals surface area contributed by atoms with E-state index >= 15 is 0 Å². The number of hydrogen-bond donors (Lipinski definition) is 2. The van der Waals surface area contributed by atoms with Gasteiger partial charge in [0.15, 0.2) is 0 Å². The van der Waals surface area contributed by atoms with E-state index in [1.165, 1.54) is 0 Å². The van der Waals surface area contributed by atoms with Gasteiger partial charge in [-0.1, -0.05) is 54.6 Å². The minimum atomic E-state index is 0.778. The van der Waals surface area contributed by atoms with E-state index in [1.54, 1.807) is 12.4 Å². The van der Waals surface area contributed by atoms with Crippen LogP contribution in [0, 0.1) is 0 Å². The molecule has 0 bridgehead atoms. The number of H-pyrrole nitrogens is 1. The van der Waals surface area contributed by atoms with Crippen LogP contribution in [0.4, 0.5) is 11.5 Å². The molecule has 0 unspecified atom stereocenters. The number of imidazole rings is 1. The third kappa shape index (κ3) is 2.60. The van der Waals surface area contributed by atoms with Crippen molar-refractivity contribution in [3.8, 4) is 45.0 Å². The molecule has 1 aliphatic heterocycles. The minimum absolute atomic E-state index is 0.778. The van der Waals surface area contributed by atoms with Gasteiger partial charge in [0.05, 0.1) is 17.6 Å². The maximum Gasteiger partial charge on any atom is 0.139 e. The Morgan fingerprint density at radius 3 is 2.37 bits per heavy atom. The van der Waals surface area contributed by atoms with Gasteiger partial charge in [-0.3, -0.25) is 4.98 Å². The van der Waals surface area contributed by atoms with Crippen LogP contribution in [0.5, 0.6) is 0 Å². The highest BCUT2D eigenvalue weighted by Crippen LogP contribution is 2.43. The average molecular weight is 387 g/mol. The van der Waals surface area contributed by atoms with Gasteiger partial charge in [-0.05, 0) is 29.3 Å².